The van der Waals surface area contributed by atoms with Crippen molar-refractivity contribution in [3.8, 4) is 0 Å². The summed E-state index contributed by atoms with van der Waals surface area (Å²) in [4.78, 5) is 10.9. The largest absolute Gasteiger partial charge is 0.382 e. The molecule has 102 valence electrons. The lowest BCUT2D eigenvalue weighted by molar-refractivity contribution is -0.121. The van der Waals surface area contributed by atoms with Gasteiger partial charge in [0.2, 0.25) is 0 Å². The molecule has 0 aromatic carbocycles. The Morgan fingerprint density at radius 3 is 1.88 bits per heavy atom. The van der Waals surface area contributed by atoms with E-state index in [0.29, 0.717) is 11.7 Å². The molecule has 0 heterocycles. The van der Waals surface area contributed by atoms with Crippen LogP contribution in [0.25, 0.3) is 0 Å². The van der Waals surface area contributed by atoms with Crippen LogP contribution < -0.4 is 0 Å². The van der Waals surface area contributed by atoms with Crippen molar-refractivity contribution in [2.24, 2.45) is 0 Å². The molecule has 0 aromatic heterocycles. The van der Waals surface area contributed by atoms with Gasteiger partial charge >= 0.3 is 0 Å². The predicted octanol–water partition coefficient (Wildman–Crippen LogP) is 3.38. The molecule has 2 atom stereocenters. The molecule has 3 nitrogen and oxygen atoms in total. The van der Waals surface area contributed by atoms with Gasteiger partial charge in [0.1, 0.15) is 6.61 Å². The van der Waals surface area contributed by atoms with Crippen LogP contribution in [0.4, 0.5) is 0 Å². The number of Topliss-reactive ketones (excluding diaryl/α,β-unsaturated/α-hetero) is 1. The van der Waals surface area contributed by atoms with Crippen molar-refractivity contribution >= 4 is 5.78 Å². The summed E-state index contributed by atoms with van der Waals surface area (Å²) >= 11 is 0. The Bertz CT molecular complexity index is 208. The summed E-state index contributed by atoms with van der Waals surface area (Å²) in [6.07, 6.45) is 2.64. The second-order valence-electron chi connectivity index (χ2n) is 4.19. The summed E-state index contributed by atoms with van der Waals surface area (Å²) < 4.78 is 10.1. The molecule has 0 bridgehead atoms. The fourth-order valence-corrected chi connectivity index (χ4v) is 0.626. The van der Waals surface area contributed by atoms with E-state index in [-0.39, 0.29) is 18.5 Å². The van der Waals surface area contributed by atoms with Crippen LogP contribution in [0.3, 0.4) is 0 Å². The zero-order valence-electron chi connectivity index (χ0n) is 12.2. The van der Waals surface area contributed by atoms with Crippen LogP contribution in [0.5, 0.6) is 0 Å². The maximum Gasteiger partial charge on any atom is 0.183 e. The summed E-state index contributed by atoms with van der Waals surface area (Å²) in [5.41, 5.74) is 0.563. The second-order valence-corrected chi connectivity index (χ2v) is 4.19. The third-order valence-electron chi connectivity index (χ3n) is 2.53. The quantitative estimate of drug-likeness (QED) is 0.644. The van der Waals surface area contributed by atoms with Gasteiger partial charge in [-0.25, -0.2) is 0 Å². The van der Waals surface area contributed by atoms with Crippen molar-refractivity contribution in [3.05, 3.63) is 12.2 Å². The minimum Gasteiger partial charge on any atom is -0.382 e. The maximum absolute atomic E-state index is 10.9. The number of carbonyl (C=O) groups is 1. The Kier molecular flexibility index (Phi) is 13.0. The molecule has 0 aliphatic carbocycles. The maximum atomic E-state index is 10.9. The van der Waals surface area contributed by atoms with Crippen LogP contribution in [0.15, 0.2) is 12.2 Å². The Labute approximate surface area is 106 Å². The highest BCUT2D eigenvalue weighted by molar-refractivity contribution is 5.95. The van der Waals surface area contributed by atoms with Crippen molar-refractivity contribution in [3.63, 3.8) is 0 Å². The van der Waals surface area contributed by atoms with Crippen molar-refractivity contribution in [1.29, 1.82) is 0 Å². The molecular formula is C14H28O3. The topological polar surface area (TPSA) is 35.5 Å². The SMILES string of the molecule is C=C(C)C(=O)COC(C)CC.CCC(C)OC. The van der Waals surface area contributed by atoms with E-state index in [0.717, 1.165) is 12.8 Å². The van der Waals surface area contributed by atoms with Crippen LogP contribution in [0.1, 0.15) is 47.5 Å². The Balaban J connectivity index is 0. The molecule has 3 heteroatoms. The minimum atomic E-state index is -0.00898. The smallest absolute Gasteiger partial charge is 0.183 e. The lowest BCUT2D eigenvalue weighted by atomic mass is 10.2. The highest BCUT2D eigenvalue weighted by Crippen LogP contribution is 1.98. The van der Waals surface area contributed by atoms with E-state index in [1.165, 1.54) is 0 Å². The third kappa shape index (κ3) is 13.3. The number of rotatable bonds is 7. The van der Waals surface area contributed by atoms with E-state index in [4.69, 9.17) is 9.47 Å². The monoisotopic (exact) mass is 244 g/mol. The first kappa shape index (κ1) is 18.7. The fourth-order valence-electron chi connectivity index (χ4n) is 0.626. The first-order chi connectivity index (χ1) is 7.88. The number of hydrogen-bond acceptors (Lipinski definition) is 3. The molecule has 0 spiro atoms. The molecular weight excluding hydrogens is 216 g/mol. The van der Waals surface area contributed by atoms with Gasteiger partial charge in [0.05, 0.1) is 12.2 Å². The van der Waals surface area contributed by atoms with Gasteiger partial charge in [0, 0.05) is 7.11 Å². The molecule has 0 aliphatic rings. The van der Waals surface area contributed by atoms with Crippen molar-refractivity contribution in [2.45, 2.75) is 59.7 Å². The van der Waals surface area contributed by atoms with E-state index < -0.39 is 0 Å². The molecule has 2 unspecified atom stereocenters. The van der Waals surface area contributed by atoms with E-state index in [1.54, 1.807) is 14.0 Å². The summed E-state index contributed by atoms with van der Waals surface area (Å²) in [6.45, 7) is 13.5. The highest BCUT2D eigenvalue weighted by atomic mass is 16.5. The average molecular weight is 244 g/mol. The van der Waals surface area contributed by atoms with Crippen molar-refractivity contribution in [1.82, 2.24) is 0 Å². The van der Waals surface area contributed by atoms with Gasteiger partial charge in [0.25, 0.3) is 0 Å². The molecule has 0 saturated carbocycles. The average Bonchev–Trinajstić information content (AvgIpc) is 2.34. The molecule has 0 amide bonds. The van der Waals surface area contributed by atoms with Crippen molar-refractivity contribution < 1.29 is 14.3 Å². The van der Waals surface area contributed by atoms with Crippen LogP contribution in [-0.2, 0) is 14.3 Å². The Morgan fingerprint density at radius 1 is 1.18 bits per heavy atom. The Morgan fingerprint density at radius 2 is 1.65 bits per heavy atom. The summed E-state index contributed by atoms with van der Waals surface area (Å²) in [5.74, 6) is -0.00898. The fraction of sp³-hybridized carbons (Fsp3) is 0.786. The van der Waals surface area contributed by atoms with Gasteiger partial charge < -0.3 is 9.47 Å². The van der Waals surface area contributed by atoms with Gasteiger partial charge in [-0.2, -0.15) is 0 Å². The first-order valence-corrected chi connectivity index (χ1v) is 6.21. The predicted molar refractivity (Wildman–Crippen MR) is 72.3 cm³/mol. The molecule has 0 saturated heterocycles. The molecule has 0 rings (SSSR count). The summed E-state index contributed by atoms with van der Waals surface area (Å²) in [5, 5.41) is 0. The number of ketones is 1. The molecule has 0 fully saturated rings. The normalized spacial score (nSPS) is 13.3. The third-order valence-corrected chi connectivity index (χ3v) is 2.53. The molecule has 0 aliphatic heterocycles. The van der Waals surface area contributed by atoms with Crippen LogP contribution in [0.2, 0.25) is 0 Å². The molecule has 0 radical (unpaired) electrons. The van der Waals surface area contributed by atoms with E-state index in [2.05, 4.69) is 20.4 Å². The van der Waals surface area contributed by atoms with Gasteiger partial charge in [-0.1, -0.05) is 20.4 Å². The molecule has 0 N–H and O–H groups in total. The minimum absolute atomic E-state index is 0.00898. The second kappa shape index (κ2) is 11.8. The van der Waals surface area contributed by atoms with Crippen LogP contribution in [0, 0.1) is 0 Å². The summed E-state index contributed by atoms with van der Waals surface area (Å²) in [6, 6.07) is 0. The highest BCUT2D eigenvalue weighted by Gasteiger charge is 2.04. The van der Waals surface area contributed by atoms with Gasteiger partial charge in [-0.05, 0) is 39.2 Å². The summed E-state index contributed by atoms with van der Waals surface area (Å²) in [7, 11) is 1.73. The number of hydrogen-bond donors (Lipinski definition) is 0. The lowest BCUT2D eigenvalue weighted by Crippen LogP contribution is -2.15. The zero-order valence-corrected chi connectivity index (χ0v) is 12.2. The van der Waals surface area contributed by atoms with Crippen LogP contribution >= 0.6 is 0 Å². The van der Waals surface area contributed by atoms with Crippen LogP contribution in [-0.4, -0.2) is 31.7 Å². The zero-order chi connectivity index (χ0) is 13.8. The number of methoxy groups -OCH3 is 1. The van der Waals surface area contributed by atoms with Crippen molar-refractivity contribution in [2.75, 3.05) is 13.7 Å². The van der Waals surface area contributed by atoms with Gasteiger partial charge in [-0.15, -0.1) is 0 Å². The number of carbonyl (C=O) groups excluding carboxylic acids is 1. The number of ether oxygens (including phenoxy) is 2. The molecule has 17 heavy (non-hydrogen) atoms. The van der Waals surface area contributed by atoms with E-state index in [1.807, 2.05) is 13.8 Å². The lowest BCUT2D eigenvalue weighted by Gasteiger charge is -2.08. The molecule has 0 aromatic rings. The van der Waals surface area contributed by atoms with E-state index in [9.17, 15) is 4.79 Å². The Hall–Kier alpha value is -0.670. The van der Waals surface area contributed by atoms with Gasteiger partial charge in [-0.3, -0.25) is 4.79 Å². The van der Waals surface area contributed by atoms with Gasteiger partial charge in [0.15, 0.2) is 5.78 Å². The van der Waals surface area contributed by atoms with E-state index >= 15 is 0 Å². The standard InChI is InChI=1S/C9H16O2.C5H12O/c1-5-8(4)11-6-9(10)7(2)3;1-4-5(2)6-3/h8H,2,5-6H2,1,3-4H3;5H,4H2,1-3H3. The first-order valence-electron chi connectivity index (χ1n) is 6.21.